The van der Waals surface area contributed by atoms with Gasteiger partial charge in [-0.3, -0.25) is 4.99 Å². The summed E-state index contributed by atoms with van der Waals surface area (Å²) in [6.45, 7) is 6.54. The molecule has 0 aliphatic carbocycles. The van der Waals surface area contributed by atoms with Crippen molar-refractivity contribution >= 4 is 11.9 Å². The van der Waals surface area contributed by atoms with Crippen LogP contribution in [0.4, 0.5) is 10.1 Å². The van der Waals surface area contributed by atoms with Gasteiger partial charge in [-0.05, 0) is 54.3 Å². The van der Waals surface area contributed by atoms with Crippen LogP contribution in [0.1, 0.15) is 25.0 Å². The standard InChI is InChI=1S/C19H22FNO2/c1-13(2)12-23-18-8-6-15(9-19(18)22-4)11-21-16-7-5-14(3)17(20)10-16/h5-11,13H,12H2,1-4H3. The van der Waals surface area contributed by atoms with Gasteiger partial charge in [-0.25, -0.2) is 4.39 Å². The number of halogens is 1. The van der Waals surface area contributed by atoms with Gasteiger partial charge in [0, 0.05) is 6.21 Å². The fourth-order valence-electron chi connectivity index (χ4n) is 1.95. The Bertz CT molecular complexity index is 696. The maximum Gasteiger partial charge on any atom is 0.161 e. The molecule has 0 aromatic heterocycles. The molecule has 0 aliphatic heterocycles. The van der Waals surface area contributed by atoms with Crippen LogP contribution in [0.3, 0.4) is 0 Å². The summed E-state index contributed by atoms with van der Waals surface area (Å²) in [5.74, 6) is 1.55. The molecule has 0 radical (unpaired) electrons. The lowest BCUT2D eigenvalue weighted by atomic mass is 10.2. The number of benzene rings is 2. The van der Waals surface area contributed by atoms with Crippen molar-refractivity contribution in [2.75, 3.05) is 13.7 Å². The minimum atomic E-state index is -0.255. The molecule has 0 heterocycles. The van der Waals surface area contributed by atoms with E-state index in [0.29, 0.717) is 35.3 Å². The Morgan fingerprint density at radius 3 is 2.57 bits per heavy atom. The van der Waals surface area contributed by atoms with Crippen molar-refractivity contribution < 1.29 is 13.9 Å². The zero-order chi connectivity index (χ0) is 16.8. The minimum absolute atomic E-state index is 0.255. The van der Waals surface area contributed by atoms with Gasteiger partial charge in [-0.2, -0.15) is 0 Å². The molecule has 0 N–H and O–H groups in total. The van der Waals surface area contributed by atoms with Gasteiger partial charge >= 0.3 is 0 Å². The summed E-state index contributed by atoms with van der Waals surface area (Å²) in [6.07, 6.45) is 1.68. The second-order valence-electron chi connectivity index (χ2n) is 5.81. The van der Waals surface area contributed by atoms with E-state index in [9.17, 15) is 4.39 Å². The number of aliphatic imine (C=N–C) groups is 1. The van der Waals surface area contributed by atoms with Gasteiger partial charge in [0.1, 0.15) is 5.82 Å². The predicted octanol–water partition coefficient (Wildman–Crippen LogP) is 4.93. The molecule has 0 amide bonds. The van der Waals surface area contributed by atoms with Gasteiger partial charge in [0.2, 0.25) is 0 Å². The first-order valence-electron chi connectivity index (χ1n) is 7.60. The quantitative estimate of drug-likeness (QED) is 0.708. The fraction of sp³-hybridized carbons (Fsp3) is 0.316. The number of aryl methyl sites for hydroxylation is 1. The summed E-state index contributed by atoms with van der Waals surface area (Å²) < 4.78 is 24.6. The summed E-state index contributed by atoms with van der Waals surface area (Å²) in [5, 5.41) is 0. The molecule has 122 valence electrons. The van der Waals surface area contributed by atoms with Crippen LogP contribution in [0, 0.1) is 18.7 Å². The molecule has 23 heavy (non-hydrogen) atoms. The van der Waals surface area contributed by atoms with Gasteiger partial charge < -0.3 is 9.47 Å². The van der Waals surface area contributed by atoms with Crippen LogP contribution >= 0.6 is 0 Å². The fourth-order valence-corrected chi connectivity index (χ4v) is 1.95. The molecule has 4 heteroatoms. The average molecular weight is 315 g/mol. The van der Waals surface area contributed by atoms with Crippen LogP contribution < -0.4 is 9.47 Å². The normalized spacial score (nSPS) is 11.2. The molecule has 0 bridgehead atoms. The highest BCUT2D eigenvalue weighted by molar-refractivity contribution is 5.83. The van der Waals surface area contributed by atoms with Gasteiger partial charge in [-0.1, -0.05) is 19.9 Å². The molecule has 2 aromatic rings. The Morgan fingerprint density at radius 1 is 1.13 bits per heavy atom. The van der Waals surface area contributed by atoms with Crippen LogP contribution in [-0.2, 0) is 0 Å². The van der Waals surface area contributed by atoms with Crippen molar-refractivity contribution in [3.05, 3.63) is 53.3 Å². The van der Waals surface area contributed by atoms with E-state index in [-0.39, 0.29) is 5.82 Å². The smallest absolute Gasteiger partial charge is 0.161 e. The van der Waals surface area contributed by atoms with E-state index in [1.165, 1.54) is 6.07 Å². The van der Waals surface area contributed by atoms with Crippen molar-refractivity contribution in [2.24, 2.45) is 10.9 Å². The van der Waals surface area contributed by atoms with Crippen LogP contribution in [0.25, 0.3) is 0 Å². The number of hydrogen-bond donors (Lipinski definition) is 0. The monoisotopic (exact) mass is 315 g/mol. The van der Waals surface area contributed by atoms with E-state index in [2.05, 4.69) is 18.8 Å². The first-order valence-corrected chi connectivity index (χ1v) is 7.60. The Labute approximate surface area is 136 Å². The largest absolute Gasteiger partial charge is 0.493 e. The Balaban J connectivity index is 2.16. The van der Waals surface area contributed by atoms with E-state index in [4.69, 9.17) is 9.47 Å². The highest BCUT2D eigenvalue weighted by Crippen LogP contribution is 2.28. The summed E-state index contributed by atoms with van der Waals surface area (Å²) in [6, 6.07) is 10.5. The minimum Gasteiger partial charge on any atom is -0.493 e. The van der Waals surface area contributed by atoms with Gasteiger partial charge in [0.25, 0.3) is 0 Å². The molecule has 0 saturated heterocycles. The Hall–Kier alpha value is -2.36. The first kappa shape index (κ1) is 17.0. The highest BCUT2D eigenvalue weighted by Gasteiger charge is 2.06. The lowest BCUT2D eigenvalue weighted by molar-refractivity contribution is 0.257. The van der Waals surface area contributed by atoms with Gasteiger partial charge in [0.15, 0.2) is 11.5 Å². The van der Waals surface area contributed by atoms with E-state index < -0.39 is 0 Å². The third kappa shape index (κ3) is 4.81. The molecule has 0 aliphatic rings. The van der Waals surface area contributed by atoms with E-state index in [1.54, 1.807) is 32.4 Å². The number of hydrogen-bond acceptors (Lipinski definition) is 3. The second kappa shape index (κ2) is 7.77. The van der Waals surface area contributed by atoms with Gasteiger partial charge in [-0.15, -0.1) is 0 Å². The molecule has 0 fully saturated rings. The molecule has 0 saturated carbocycles. The maximum absolute atomic E-state index is 13.5. The number of ether oxygens (including phenoxy) is 2. The van der Waals surface area contributed by atoms with Crippen LogP contribution in [0.15, 0.2) is 41.4 Å². The molecular weight excluding hydrogens is 293 g/mol. The summed E-state index contributed by atoms with van der Waals surface area (Å²) in [5.41, 5.74) is 2.05. The summed E-state index contributed by atoms with van der Waals surface area (Å²) >= 11 is 0. The zero-order valence-corrected chi connectivity index (χ0v) is 14.0. The third-order valence-electron chi connectivity index (χ3n) is 3.28. The molecule has 3 nitrogen and oxygen atoms in total. The molecule has 0 atom stereocenters. The molecule has 2 rings (SSSR count). The van der Waals surface area contributed by atoms with Crippen molar-refractivity contribution in [1.82, 2.24) is 0 Å². The van der Waals surface area contributed by atoms with Crippen LogP contribution in [0.5, 0.6) is 11.5 Å². The first-order chi connectivity index (χ1) is 11.0. The lowest BCUT2D eigenvalue weighted by Crippen LogP contribution is -2.05. The lowest BCUT2D eigenvalue weighted by Gasteiger charge is -2.12. The number of methoxy groups -OCH3 is 1. The third-order valence-corrected chi connectivity index (χ3v) is 3.28. The Kier molecular flexibility index (Phi) is 5.74. The van der Waals surface area contributed by atoms with Crippen molar-refractivity contribution in [3.8, 4) is 11.5 Å². The predicted molar refractivity (Wildman–Crippen MR) is 91.7 cm³/mol. The van der Waals surface area contributed by atoms with E-state index >= 15 is 0 Å². The van der Waals surface area contributed by atoms with E-state index in [0.717, 1.165) is 5.56 Å². The molecule has 0 spiro atoms. The highest BCUT2D eigenvalue weighted by atomic mass is 19.1. The van der Waals surface area contributed by atoms with Crippen LogP contribution in [-0.4, -0.2) is 19.9 Å². The van der Waals surface area contributed by atoms with E-state index in [1.807, 2.05) is 18.2 Å². The van der Waals surface area contributed by atoms with Crippen molar-refractivity contribution in [1.29, 1.82) is 0 Å². The second-order valence-corrected chi connectivity index (χ2v) is 5.81. The SMILES string of the molecule is COc1cc(C=Nc2ccc(C)c(F)c2)ccc1OCC(C)C. The molecule has 0 unspecified atom stereocenters. The molecule has 2 aromatic carbocycles. The summed E-state index contributed by atoms with van der Waals surface area (Å²) in [7, 11) is 1.60. The Morgan fingerprint density at radius 2 is 1.91 bits per heavy atom. The van der Waals surface area contributed by atoms with Crippen molar-refractivity contribution in [2.45, 2.75) is 20.8 Å². The van der Waals surface area contributed by atoms with Crippen LogP contribution in [0.2, 0.25) is 0 Å². The van der Waals surface area contributed by atoms with Crippen molar-refractivity contribution in [3.63, 3.8) is 0 Å². The number of rotatable bonds is 6. The number of nitrogens with zero attached hydrogens (tertiary/aromatic N) is 1. The maximum atomic E-state index is 13.5. The zero-order valence-electron chi connectivity index (χ0n) is 14.0. The average Bonchev–Trinajstić information content (AvgIpc) is 2.54. The van der Waals surface area contributed by atoms with Gasteiger partial charge in [0.05, 0.1) is 19.4 Å². The molecular formula is C19H22FNO2. The summed E-state index contributed by atoms with van der Waals surface area (Å²) in [4.78, 5) is 4.30. The topological polar surface area (TPSA) is 30.8 Å².